The molecule has 3 rings (SSSR count). The normalized spacial score (nSPS) is 14.7. The number of aromatic nitrogens is 1. The molecule has 0 bridgehead atoms. The van der Waals surface area contributed by atoms with E-state index >= 15 is 0 Å². The fourth-order valence-electron chi connectivity index (χ4n) is 2.98. The number of rotatable bonds is 4. The summed E-state index contributed by atoms with van der Waals surface area (Å²) >= 11 is 0. The molecule has 0 unspecified atom stereocenters. The molecule has 1 aromatic carbocycles. The van der Waals surface area contributed by atoms with Crippen LogP contribution in [0.25, 0.3) is 10.9 Å². The molecule has 0 radical (unpaired) electrons. The Morgan fingerprint density at radius 3 is 2.81 bits per heavy atom. The number of nitrogens with zero attached hydrogens (tertiary/aromatic N) is 1. The quantitative estimate of drug-likeness (QED) is 0.823. The van der Waals surface area contributed by atoms with Gasteiger partial charge in [0.05, 0.1) is 38.0 Å². The van der Waals surface area contributed by atoms with E-state index in [1.165, 1.54) is 11.7 Å². The van der Waals surface area contributed by atoms with Crippen molar-refractivity contribution in [2.45, 2.75) is 25.9 Å². The number of hydrogen-bond acceptors (Lipinski definition) is 6. The van der Waals surface area contributed by atoms with Gasteiger partial charge in [-0.2, -0.15) is 0 Å². The number of aliphatic hydroxyl groups excluding tert-OH is 1. The van der Waals surface area contributed by atoms with E-state index in [2.05, 4.69) is 5.32 Å². The second-order valence-electron chi connectivity index (χ2n) is 7.01. The molecule has 0 spiro atoms. The molecule has 146 valence electrons. The third-order valence-corrected chi connectivity index (χ3v) is 4.42. The zero-order valence-corrected chi connectivity index (χ0v) is 15.7. The smallest absolute Gasteiger partial charge is 0.264 e. The Balaban J connectivity index is 2.22. The van der Waals surface area contributed by atoms with Crippen LogP contribution in [0.15, 0.2) is 23.0 Å². The molecule has 1 amide bonds. The van der Waals surface area contributed by atoms with Crippen molar-refractivity contribution in [3.05, 3.63) is 34.1 Å². The number of ether oxygens (including phenoxy) is 3. The average molecular weight is 376 g/mol. The summed E-state index contributed by atoms with van der Waals surface area (Å²) in [6, 6.07) is 5.07. The van der Waals surface area contributed by atoms with E-state index in [0.29, 0.717) is 42.2 Å². The van der Waals surface area contributed by atoms with E-state index in [4.69, 9.17) is 14.2 Å². The van der Waals surface area contributed by atoms with Gasteiger partial charge in [-0.1, -0.05) is 0 Å². The number of aliphatic hydroxyl groups is 1. The molecule has 1 aliphatic rings. The summed E-state index contributed by atoms with van der Waals surface area (Å²) in [4.78, 5) is 25.8. The lowest BCUT2D eigenvalue weighted by atomic mass is 10.1. The SMILES string of the molecule is COc1ccc2cc(C(=O)NC(C)(C)CO)c(=O)n3c2c1OCCOCC3. The van der Waals surface area contributed by atoms with Gasteiger partial charge < -0.3 is 29.2 Å². The molecule has 0 atom stereocenters. The van der Waals surface area contributed by atoms with Crippen molar-refractivity contribution in [2.75, 3.05) is 33.5 Å². The van der Waals surface area contributed by atoms with Gasteiger partial charge in [0.15, 0.2) is 11.5 Å². The van der Waals surface area contributed by atoms with Gasteiger partial charge in [-0.25, -0.2) is 0 Å². The average Bonchev–Trinajstić information content (AvgIpc) is 2.75. The van der Waals surface area contributed by atoms with Gasteiger partial charge in [0.1, 0.15) is 12.2 Å². The Kier molecular flexibility index (Phi) is 5.38. The highest BCUT2D eigenvalue weighted by molar-refractivity contribution is 5.99. The van der Waals surface area contributed by atoms with Crippen LogP contribution in [0.1, 0.15) is 24.2 Å². The van der Waals surface area contributed by atoms with E-state index in [-0.39, 0.29) is 18.7 Å². The zero-order chi connectivity index (χ0) is 19.6. The van der Waals surface area contributed by atoms with Crippen molar-refractivity contribution < 1.29 is 24.1 Å². The molecule has 2 N–H and O–H groups in total. The Labute approximate surface area is 156 Å². The number of carbonyl (C=O) groups excluding carboxylic acids is 1. The zero-order valence-electron chi connectivity index (χ0n) is 15.7. The van der Waals surface area contributed by atoms with Crippen LogP contribution in [-0.4, -0.2) is 54.7 Å². The van der Waals surface area contributed by atoms with Crippen LogP contribution in [0.2, 0.25) is 0 Å². The van der Waals surface area contributed by atoms with Crippen LogP contribution < -0.4 is 20.3 Å². The van der Waals surface area contributed by atoms with Crippen molar-refractivity contribution in [3.63, 3.8) is 0 Å². The molecule has 8 heteroatoms. The lowest BCUT2D eigenvalue weighted by Gasteiger charge is -2.24. The van der Waals surface area contributed by atoms with Gasteiger partial charge in [-0.05, 0) is 32.0 Å². The largest absolute Gasteiger partial charge is 0.493 e. The van der Waals surface area contributed by atoms with Crippen LogP contribution >= 0.6 is 0 Å². The predicted molar refractivity (Wildman–Crippen MR) is 99.7 cm³/mol. The van der Waals surface area contributed by atoms with E-state index in [1.807, 2.05) is 0 Å². The van der Waals surface area contributed by atoms with Gasteiger partial charge in [0, 0.05) is 11.9 Å². The summed E-state index contributed by atoms with van der Waals surface area (Å²) in [7, 11) is 1.53. The first-order valence-electron chi connectivity index (χ1n) is 8.76. The third kappa shape index (κ3) is 3.77. The lowest BCUT2D eigenvalue weighted by Crippen LogP contribution is -2.48. The number of amides is 1. The Morgan fingerprint density at radius 1 is 1.33 bits per heavy atom. The molecular weight excluding hydrogens is 352 g/mol. The van der Waals surface area contributed by atoms with Gasteiger partial charge >= 0.3 is 0 Å². The predicted octanol–water partition coefficient (Wildman–Crippen LogP) is 0.920. The highest BCUT2D eigenvalue weighted by atomic mass is 16.5. The standard InChI is InChI=1S/C19H24N2O6/c1-19(2,11-22)20-17(23)13-10-12-4-5-14(25-3)16-15(12)21(18(13)24)6-7-26-8-9-27-16/h4-5,10,22H,6-9,11H2,1-3H3,(H,20,23). The maximum Gasteiger partial charge on any atom is 0.264 e. The second kappa shape index (κ2) is 7.58. The number of pyridine rings is 1. The summed E-state index contributed by atoms with van der Waals surface area (Å²) in [6.07, 6.45) is 0. The van der Waals surface area contributed by atoms with Gasteiger partial charge in [-0.15, -0.1) is 0 Å². The van der Waals surface area contributed by atoms with Crippen molar-refractivity contribution in [2.24, 2.45) is 0 Å². The fourth-order valence-corrected chi connectivity index (χ4v) is 2.98. The Morgan fingerprint density at radius 2 is 2.11 bits per heavy atom. The molecule has 2 aromatic rings. The van der Waals surface area contributed by atoms with Crippen LogP contribution in [0.3, 0.4) is 0 Å². The van der Waals surface area contributed by atoms with Crippen LogP contribution in [0.4, 0.5) is 0 Å². The summed E-state index contributed by atoms with van der Waals surface area (Å²) in [5.41, 5.74) is -0.719. The van der Waals surface area contributed by atoms with Crippen LogP contribution in [0.5, 0.6) is 11.5 Å². The summed E-state index contributed by atoms with van der Waals surface area (Å²) < 4.78 is 18.2. The van der Waals surface area contributed by atoms with E-state index in [1.54, 1.807) is 32.0 Å². The van der Waals surface area contributed by atoms with Crippen LogP contribution in [0, 0.1) is 0 Å². The van der Waals surface area contributed by atoms with Crippen molar-refractivity contribution in [3.8, 4) is 11.5 Å². The maximum absolute atomic E-state index is 13.1. The van der Waals surface area contributed by atoms with Gasteiger partial charge in [0.2, 0.25) is 0 Å². The molecule has 0 aliphatic carbocycles. The first-order chi connectivity index (χ1) is 12.9. The molecule has 27 heavy (non-hydrogen) atoms. The van der Waals surface area contributed by atoms with Crippen LogP contribution in [-0.2, 0) is 11.3 Å². The first kappa shape index (κ1) is 19.2. The first-order valence-corrected chi connectivity index (χ1v) is 8.76. The molecular formula is C19H24N2O6. The highest BCUT2D eigenvalue weighted by Gasteiger charge is 2.25. The number of hydrogen-bond donors (Lipinski definition) is 2. The Bertz CT molecular complexity index is 919. The molecule has 0 saturated heterocycles. The minimum Gasteiger partial charge on any atom is -0.493 e. The highest BCUT2D eigenvalue weighted by Crippen LogP contribution is 2.35. The fraction of sp³-hybridized carbons (Fsp3) is 0.474. The monoisotopic (exact) mass is 376 g/mol. The van der Waals surface area contributed by atoms with E-state index < -0.39 is 17.0 Å². The second-order valence-corrected chi connectivity index (χ2v) is 7.01. The summed E-state index contributed by atoms with van der Waals surface area (Å²) in [5, 5.41) is 12.8. The van der Waals surface area contributed by atoms with E-state index in [0.717, 1.165) is 0 Å². The number of carbonyl (C=O) groups is 1. The van der Waals surface area contributed by atoms with Crippen molar-refractivity contribution in [1.82, 2.24) is 9.88 Å². The minimum atomic E-state index is -0.844. The summed E-state index contributed by atoms with van der Waals surface area (Å²) in [6.45, 7) is 4.43. The number of methoxy groups -OCH3 is 1. The summed E-state index contributed by atoms with van der Waals surface area (Å²) in [5.74, 6) is 0.431. The topological polar surface area (TPSA) is 99.0 Å². The molecule has 0 fully saturated rings. The Hall–Kier alpha value is -2.58. The number of nitrogens with one attached hydrogen (secondary N) is 1. The third-order valence-electron chi connectivity index (χ3n) is 4.42. The minimum absolute atomic E-state index is 0.000566. The van der Waals surface area contributed by atoms with Gasteiger partial charge in [0.25, 0.3) is 11.5 Å². The van der Waals surface area contributed by atoms with E-state index in [9.17, 15) is 14.7 Å². The molecule has 2 heterocycles. The molecule has 8 nitrogen and oxygen atoms in total. The van der Waals surface area contributed by atoms with Crippen molar-refractivity contribution >= 4 is 16.8 Å². The molecule has 1 aromatic heterocycles. The molecule has 1 aliphatic heterocycles. The molecule has 0 saturated carbocycles. The van der Waals surface area contributed by atoms with Gasteiger partial charge in [-0.3, -0.25) is 9.59 Å². The lowest BCUT2D eigenvalue weighted by molar-refractivity contribution is 0.0865. The van der Waals surface area contributed by atoms with Crippen molar-refractivity contribution in [1.29, 1.82) is 0 Å². The maximum atomic E-state index is 13.1. The number of benzene rings is 1.